The number of ether oxygens (including phenoxy) is 2. The highest BCUT2D eigenvalue weighted by Gasteiger charge is 2.31. The van der Waals surface area contributed by atoms with Crippen LogP contribution < -0.4 is 5.32 Å². The van der Waals surface area contributed by atoms with Crippen molar-refractivity contribution < 1.29 is 14.3 Å². The molecule has 0 saturated heterocycles. The van der Waals surface area contributed by atoms with Crippen LogP contribution in [-0.4, -0.2) is 38.9 Å². The molecule has 14 heavy (non-hydrogen) atoms. The molecule has 0 aromatic carbocycles. The van der Waals surface area contributed by atoms with E-state index in [4.69, 9.17) is 9.47 Å². The quantitative estimate of drug-likeness (QED) is 0.683. The summed E-state index contributed by atoms with van der Waals surface area (Å²) in [5.41, 5.74) is -0.417. The molecule has 0 spiro atoms. The summed E-state index contributed by atoms with van der Waals surface area (Å²) in [7, 11) is 3.25. The maximum atomic E-state index is 11.4. The second-order valence-electron chi connectivity index (χ2n) is 4.08. The molecule has 1 N–H and O–H groups in total. The van der Waals surface area contributed by atoms with Crippen LogP contribution >= 0.6 is 0 Å². The van der Waals surface area contributed by atoms with Crippen LogP contribution in [0, 0.1) is 5.92 Å². The molecule has 4 nitrogen and oxygen atoms in total. The van der Waals surface area contributed by atoms with Crippen molar-refractivity contribution in [2.24, 2.45) is 5.92 Å². The van der Waals surface area contributed by atoms with Gasteiger partial charge in [0.2, 0.25) is 5.91 Å². The Hall–Kier alpha value is -0.610. The number of methoxy groups -OCH3 is 2. The molecule has 82 valence electrons. The molecular weight excluding hydrogens is 182 g/mol. The molecule has 1 rings (SSSR count). The van der Waals surface area contributed by atoms with Gasteiger partial charge in [0.15, 0.2) is 0 Å². The number of nitrogens with one attached hydrogen (secondary N) is 1. The van der Waals surface area contributed by atoms with E-state index >= 15 is 0 Å². The summed E-state index contributed by atoms with van der Waals surface area (Å²) in [6.45, 7) is 2.91. The van der Waals surface area contributed by atoms with Gasteiger partial charge in [0.25, 0.3) is 0 Å². The maximum absolute atomic E-state index is 11.4. The zero-order chi connectivity index (χ0) is 10.6. The molecule has 1 fully saturated rings. The van der Waals surface area contributed by atoms with Gasteiger partial charge in [-0.3, -0.25) is 4.79 Å². The third-order valence-electron chi connectivity index (χ3n) is 2.53. The third-order valence-corrected chi connectivity index (χ3v) is 2.53. The number of carbonyl (C=O) groups excluding carboxylic acids is 1. The summed E-state index contributed by atoms with van der Waals surface area (Å²) >= 11 is 0. The van der Waals surface area contributed by atoms with E-state index in [0.717, 1.165) is 12.8 Å². The lowest BCUT2D eigenvalue weighted by atomic mass is 10.1. The van der Waals surface area contributed by atoms with E-state index in [2.05, 4.69) is 5.32 Å². The minimum Gasteiger partial charge on any atom is -0.382 e. The number of amides is 1. The van der Waals surface area contributed by atoms with E-state index in [1.165, 1.54) is 0 Å². The molecule has 1 saturated carbocycles. The van der Waals surface area contributed by atoms with Crippen LogP contribution in [0.15, 0.2) is 0 Å². The first-order valence-corrected chi connectivity index (χ1v) is 4.93. The summed E-state index contributed by atoms with van der Waals surface area (Å²) < 4.78 is 10.3. The fourth-order valence-electron chi connectivity index (χ4n) is 1.25. The van der Waals surface area contributed by atoms with Crippen LogP contribution in [0.2, 0.25) is 0 Å². The first-order valence-electron chi connectivity index (χ1n) is 4.93. The van der Waals surface area contributed by atoms with Crippen molar-refractivity contribution >= 4 is 5.91 Å². The lowest BCUT2D eigenvalue weighted by Gasteiger charge is -2.27. The van der Waals surface area contributed by atoms with E-state index in [1.807, 2.05) is 6.92 Å². The van der Waals surface area contributed by atoms with Gasteiger partial charge in [-0.2, -0.15) is 0 Å². The van der Waals surface area contributed by atoms with Crippen molar-refractivity contribution in [2.45, 2.75) is 25.4 Å². The van der Waals surface area contributed by atoms with Crippen molar-refractivity contribution in [3.05, 3.63) is 0 Å². The second kappa shape index (κ2) is 4.75. The predicted octanol–water partition coefficient (Wildman–Crippen LogP) is 0.564. The van der Waals surface area contributed by atoms with Crippen LogP contribution in [0.5, 0.6) is 0 Å². The zero-order valence-electron chi connectivity index (χ0n) is 9.13. The van der Waals surface area contributed by atoms with Crippen LogP contribution in [0.3, 0.4) is 0 Å². The van der Waals surface area contributed by atoms with E-state index < -0.39 is 5.60 Å². The maximum Gasteiger partial charge on any atom is 0.223 e. The van der Waals surface area contributed by atoms with Gasteiger partial charge in [0.1, 0.15) is 5.60 Å². The Morgan fingerprint density at radius 2 is 2.14 bits per heavy atom. The van der Waals surface area contributed by atoms with Crippen molar-refractivity contribution in [1.29, 1.82) is 0 Å². The Kier molecular flexibility index (Phi) is 3.89. The van der Waals surface area contributed by atoms with Crippen molar-refractivity contribution in [3.63, 3.8) is 0 Å². The van der Waals surface area contributed by atoms with Crippen LogP contribution in [0.1, 0.15) is 19.8 Å². The Labute approximate surface area is 85.0 Å². The molecule has 1 aliphatic carbocycles. The minimum atomic E-state index is -0.417. The summed E-state index contributed by atoms with van der Waals surface area (Å²) in [5, 5.41) is 2.88. The first kappa shape index (κ1) is 11.5. The Balaban J connectivity index is 2.28. The number of hydrogen-bond acceptors (Lipinski definition) is 3. The lowest BCUT2D eigenvalue weighted by molar-refractivity contribution is -0.124. The fraction of sp³-hybridized carbons (Fsp3) is 0.900. The molecule has 0 aromatic rings. The van der Waals surface area contributed by atoms with Gasteiger partial charge in [-0.15, -0.1) is 0 Å². The Bertz CT molecular complexity index is 204. The third kappa shape index (κ3) is 3.27. The molecule has 1 unspecified atom stereocenters. The largest absolute Gasteiger partial charge is 0.382 e. The molecule has 4 heteroatoms. The normalized spacial score (nSPS) is 20.2. The van der Waals surface area contributed by atoms with Crippen LogP contribution in [-0.2, 0) is 14.3 Å². The highest BCUT2D eigenvalue weighted by atomic mass is 16.5. The minimum absolute atomic E-state index is 0.143. The summed E-state index contributed by atoms with van der Waals surface area (Å²) in [6.07, 6.45) is 2.06. The summed E-state index contributed by atoms with van der Waals surface area (Å²) in [4.78, 5) is 11.4. The molecule has 1 aliphatic rings. The highest BCUT2D eigenvalue weighted by Crippen LogP contribution is 2.28. The zero-order valence-corrected chi connectivity index (χ0v) is 9.13. The van der Waals surface area contributed by atoms with Gasteiger partial charge in [-0.05, 0) is 19.8 Å². The molecule has 0 aromatic heterocycles. The standard InChI is InChI=1S/C10H19NO3/c1-10(14-3,7-13-2)6-11-9(12)8-4-5-8/h8H,4-7H2,1-3H3,(H,11,12). The molecule has 1 amide bonds. The monoisotopic (exact) mass is 201 g/mol. The van der Waals surface area contributed by atoms with Crippen molar-refractivity contribution in [2.75, 3.05) is 27.4 Å². The lowest BCUT2D eigenvalue weighted by Crippen LogP contribution is -2.45. The topological polar surface area (TPSA) is 47.6 Å². The Morgan fingerprint density at radius 3 is 2.57 bits per heavy atom. The first-order chi connectivity index (χ1) is 6.61. The van der Waals surface area contributed by atoms with E-state index in [1.54, 1.807) is 14.2 Å². The molecule has 0 heterocycles. The number of rotatable bonds is 6. The van der Waals surface area contributed by atoms with Crippen molar-refractivity contribution in [1.82, 2.24) is 5.32 Å². The average molecular weight is 201 g/mol. The summed E-state index contributed by atoms with van der Waals surface area (Å²) in [6, 6.07) is 0. The molecule has 0 bridgehead atoms. The number of hydrogen-bond donors (Lipinski definition) is 1. The van der Waals surface area contributed by atoms with Gasteiger partial charge < -0.3 is 14.8 Å². The van der Waals surface area contributed by atoms with Gasteiger partial charge in [0.05, 0.1) is 6.61 Å². The smallest absolute Gasteiger partial charge is 0.223 e. The van der Waals surface area contributed by atoms with Gasteiger partial charge >= 0.3 is 0 Å². The van der Waals surface area contributed by atoms with Crippen LogP contribution in [0.25, 0.3) is 0 Å². The van der Waals surface area contributed by atoms with E-state index in [0.29, 0.717) is 13.2 Å². The molecule has 0 aliphatic heterocycles. The molecular formula is C10H19NO3. The van der Waals surface area contributed by atoms with Crippen molar-refractivity contribution in [3.8, 4) is 0 Å². The summed E-state index contributed by atoms with van der Waals surface area (Å²) in [5.74, 6) is 0.392. The van der Waals surface area contributed by atoms with E-state index in [-0.39, 0.29) is 11.8 Å². The van der Waals surface area contributed by atoms with Gasteiger partial charge in [-0.1, -0.05) is 0 Å². The second-order valence-corrected chi connectivity index (χ2v) is 4.08. The molecule has 0 radical (unpaired) electrons. The number of carbonyl (C=O) groups is 1. The molecule has 1 atom stereocenters. The van der Waals surface area contributed by atoms with Gasteiger partial charge in [-0.25, -0.2) is 0 Å². The van der Waals surface area contributed by atoms with E-state index in [9.17, 15) is 4.79 Å². The fourth-order valence-corrected chi connectivity index (χ4v) is 1.25. The highest BCUT2D eigenvalue weighted by molar-refractivity contribution is 5.80. The predicted molar refractivity (Wildman–Crippen MR) is 53.0 cm³/mol. The SMILES string of the molecule is COCC(C)(CNC(=O)C1CC1)OC. The van der Waals surface area contributed by atoms with Crippen LogP contribution in [0.4, 0.5) is 0 Å². The van der Waals surface area contributed by atoms with Gasteiger partial charge in [0, 0.05) is 26.7 Å². The average Bonchev–Trinajstić information content (AvgIpc) is 2.98. The Morgan fingerprint density at radius 1 is 1.50 bits per heavy atom.